The summed E-state index contributed by atoms with van der Waals surface area (Å²) in [7, 11) is 0. The second-order valence-corrected chi connectivity index (χ2v) is 7.56. The molecule has 3 N–H and O–H groups in total. The van der Waals surface area contributed by atoms with Gasteiger partial charge in [-0.1, -0.05) is 0 Å². The van der Waals surface area contributed by atoms with Crippen LogP contribution in [0.25, 0.3) is 0 Å². The highest BCUT2D eigenvalue weighted by Crippen LogP contribution is 2.32. The first-order chi connectivity index (χ1) is 11.8. The van der Waals surface area contributed by atoms with Crippen molar-refractivity contribution >= 4 is 28.2 Å². The van der Waals surface area contributed by atoms with Gasteiger partial charge in [-0.3, -0.25) is 14.4 Å². The van der Waals surface area contributed by atoms with E-state index in [1.807, 2.05) is 32.9 Å². The maximum Gasteiger partial charge on any atom is 0.261 e. The number of anilines is 1. The maximum absolute atomic E-state index is 12.4. The summed E-state index contributed by atoms with van der Waals surface area (Å²) >= 11 is 1.26. The number of aromatic amines is 1. The van der Waals surface area contributed by atoms with Gasteiger partial charge in [-0.25, -0.2) is 0 Å². The molecule has 0 saturated heterocycles. The zero-order valence-corrected chi connectivity index (χ0v) is 15.3. The van der Waals surface area contributed by atoms with Crippen LogP contribution in [0.5, 0.6) is 0 Å². The molecule has 6 nitrogen and oxygen atoms in total. The highest BCUT2D eigenvalue weighted by atomic mass is 32.1. The molecule has 7 heteroatoms. The lowest BCUT2D eigenvalue weighted by molar-refractivity contribution is -0.117. The molecule has 0 atom stereocenters. The number of carbonyl (C=O) groups is 2. The molecule has 25 heavy (non-hydrogen) atoms. The Morgan fingerprint density at radius 3 is 2.56 bits per heavy atom. The van der Waals surface area contributed by atoms with Crippen molar-refractivity contribution in [1.29, 1.82) is 0 Å². The number of rotatable bonds is 5. The third kappa shape index (κ3) is 3.99. The fraction of sp³-hybridized carbons (Fsp3) is 0.389. The predicted octanol–water partition coefficient (Wildman–Crippen LogP) is 2.64. The van der Waals surface area contributed by atoms with E-state index in [0.29, 0.717) is 15.4 Å². The lowest BCUT2D eigenvalue weighted by Gasteiger charge is -2.07. The van der Waals surface area contributed by atoms with Crippen LogP contribution in [-0.4, -0.2) is 16.8 Å². The Balaban J connectivity index is 1.68. The normalized spacial score (nSPS) is 13.6. The number of hydrogen-bond donors (Lipinski definition) is 3. The number of H-pyrrole nitrogens is 1. The Kier molecular flexibility index (Phi) is 4.76. The van der Waals surface area contributed by atoms with Crippen molar-refractivity contribution in [2.75, 3.05) is 5.32 Å². The van der Waals surface area contributed by atoms with E-state index in [1.165, 1.54) is 11.3 Å². The highest BCUT2D eigenvalue weighted by Gasteiger charge is 2.30. The Bertz CT molecular complexity index is 893. The predicted molar refractivity (Wildman–Crippen MR) is 98.1 cm³/mol. The topological polar surface area (TPSA) is 91.1 Å². The number of nitrogens with one attached hydrogen (secondary N) is 3. The Morgan fingerprint density at radius 1 is 1.20 bits per heavy atom. The molecule has 3 rings (SSSR count). The summed E-state index contributed by atoms with van der Waals surface area (Å²) in [5, 5.41) is 6.34. The van der Waals surface area contributed by atoms with Crippen LogP contribution in [0.4, 0.5) is 5.00 Å². The molecule has 1 saturated carbocycles. The molecular formula is C18H21N3O3S. The van der Waals surface area contributed by atoms with Crippen molar-refractivity contribution in [2.45, 2.75) is 40.2 Å². The fourth-order valence-electron chi connectivity index (χ4n) is 2.69. The van der Waals surface area contributed by atoms with E-state index in [4.69, 9.17) is 0 Å². The van der Waals surface area contributed by atoms with Gasteiger partial charge >= 0.3 is 0 Å². The van der Waals surface area contributed by atoms with Crippen LogP contribution < -0.4 is 16.2 Å². The second-order valence-electron chi connectivity index (χ2n) is 6.51. The van der Waals surface area contributed by atoms with E-state index in [9.17, 15) is 14.4 Å². The van der Waals surface area contributed by atoms with E-state index in [1.54, 1.807) is 0 Å². The van der Waals surface area contributed by atoms with Gasteiger partial charge in [0.15, 0.2) is 0 Å². The highest BCUT2D eigenvalue weighted by molar-refractivity contribution is 7.18. The van der Waals surface area contributed by atoms with Crippen LogP contribution in [0.2, 0.25) is 0 Å². The molecule has 0 bridgehead atoms. The third-order valence-electron chi connectivity index (χ3n) is 4.24. The number of carbonyl (C=O) groups excluding carboxylic acids is 2. The van der Waals surface area contributed by atoms with Crippen LogP contribution >= 0.6 is 11.3 Å². The monoisotopic (exact) mass is 359 g/mol. The van der Waals surface area contributed by atoms with Crippen molar-refractivity contribution in [1.82, 2.24) is 10.3 Å². The van der Waals surface area contributed by atoms with Gasteiger partial charge < -0.3 is 15.6 Å². The number of aryl methyl sites for hydroxylation is 3. The van der Waals surface area contributed by atoms with E-state index >= 15 is 0 Å². The van der Waals surface area contributed by atoms with Crippen molar-refractivity contribution in [3.05, 3.63) is 49.7 Å². The summed E-state index contributed by atoms with van der Waals surface area (Å²) in [4.78, 5) is 39.6. The van der Waals surface area contributed by atoms with E-state index in [2.05, 4.69) is 15.6 Å². The van der Waals surface area contributed by atoms with Crippen LogP contribution in [-0.2, 0) is 11.3 Å². The molecule has 1 fully saturated rings. The van der Waals surface area contributed by atoms with Gasteiger partial charge in [-0.15, -0.1) is 11.3 Å². The molecule has 1 aliphatic rings. The van der Waals surface area contributed by atoms with Gasteiger partial charge in [0.2, 0.25) is 5.91 Å². The summed E-state index contributed by atoms with van der Waals surface area (Å²) < 4.78 is 0. The molecule has 2 amide bonds. The van der Waals surface area contributed by atoms with Crippen LogP contribution in [0.3, 0.4) is 0 Å². The van der Waals surface area contributed by atoms with E-state index in [0.717, 1.165) is 29.7 Å². The Labute approximate surface area is 149 Å². The molecule has 132 valence electrons. The lowest BCUT2D eigenvalue weighted by atomic mass is 10.1. The summed E-state index contributed by atoms with van der Waals surface area (Å²) in [6.07, 6.45) is 1.88. The maximum atomic E-state index is 12.4. The zero-order chi connectivity index (χ0) is 18.1. The van der Waals surface area contributed by atoms with Gasteiger partial charge in [0.1, 0.15) is 0 Å². The average Bonchev–Trinajstić information content (AvgIpc) is 3.30. The summed E-state index contributed by atoms with van der Waals surface area (Å²) in [6, 6.07) is 3.69. The smallest absolute Gasteiger partial charge is 0.261 e. The second kappa shape index (κ2) is 6.84. The summed E-state index contributed by atoms with van der Waals surface area (Å²) in [5.74, 6) is -0.0975. The molecule has 0 spiro atoms. The summed E-state index contributed by atoms with van der Waals surface area (Å²) in [6.45, 7) is 5.68. The van der Waals surface area contributed by atoms with Gasteiger partial charge in [0, 0.05) is 23.7 Å². The number of pyridine rings is 1. The van der Waals surface area contributed by atoms with Gasteiger partial charge in [0.05, 0.1) is 9.88 Å². The molecule has 0 radical (unpaired) electrons. The Morgan fingerprint density at radius 2 is 1.92 bits per heavy atom. The largest absolute Gasteiger partial charge is 0.347 e. The minimum Gasteiger partial charge on any atom is -0.347 e. The van der Waals surface area contributed by atoms with Crippen LogP contribution in [0.1, 0.15) is 44.9 Å². The molecule has 2 aromatic rings. The standard InChI is InChI=1S/C18H21N3O3S/c1-9-6-11(3)20-17(23)13(9)8-19-18(24)15-10(2)7-14(25-15)21-16(22)12-4-5-12/h6-7,12H,4-5,8H2,1-3H3,(H,19,24)(H,20,23)(H,21,22). The minimum atomic E-state index is -0.242. The molecule has 0 unspecified atom stereocenters. The molecule has 0 aliphatic heterocycles. The molecule has 1 aliphatic carbocycles. The number of hydrogen-bond acceptors (Lipinski definition) is 4. The van der Waals surface area contributed by atoms with Crippen LogP contribution in [0.15, 0.2) is 16.9 Å². The van der Waals surface area contributed by atoms with Crippen molar-refractivity contribution < 1.29 is 9.59 Å². The first-order valence-corrected chi connectivity index (χ1v) is 9.05. The first-order valence-electron chi connectivity index (χ1n) is 8.24. The number of thiophene rings is 1. The van der Waals surface area contributed by atoms with Crippen molar-refractivity contribution in [3.8, 4) is 0 Å². The van der Waals surface area contributed by atoms with Crippen LogP contribution in [0, 0.1) is 26.7 Å². The first kappa shape index (κ1) is 17.4. The molecule has 2 aromatic heterocycles. The van der Waals surface area contributed by atoms with E-state index in [-0.39, 0.29) is 29.8 Å². The zero-order valence-electron chi connectivity index (χ0n) is 14.5. The quantitative estimate of drug-likeness (QED) is 0.766. The molecule has 2 heterocycles. The Hall–Kier alpha value is -2.41. The fourth-order valence-corrected chi connectivity index (χ4v) is 3.68. The van der Waals surface area contributed by atoms with Crippen molar-refractivity contribution in [2.24, 2.45) is 5.92 Å². The molecule has 0 aromatic carbocycles. The summed E-state index contributed by atoms with van der Waals surface area (Å²) in [5.41, 5.74) is 2.82. The van der Waals surface area contributed by atoms with E-state index < -0.39 is 0 Å². The molecular weight excluding hydrogens is 338 g/mol. The lowest BCUT2D eigenvalue weighted by Crippen LogP contribution is -2.27. The van der Waals surface area contributed by atoms with Gasteiger partial charge in [0.25, 0.3) is 11.5 Å². The SMILES string of the molecule is Cc1cc(C)c(CNC(=O)c2sc(NC(=O)C3CC3)cc2C)c(=O)[nH]1. The third-order valence-corrected chi connectivity index (χ3v) is 5.39. The van der Waals surface area contributed by atoms with Gasteiger partial charge in [-0.05, 0) is 56.9 Å². The van der Waals surface area contributed by atoms with Gasteiger partial charge in [-0.2, -0.15) is 0 Å². The average molecular weight is 359 g/mol. The van der Waals surface area contributed by atoms with Crippen molar-refractivity contribution in [3.63, 3.8) is 0 Å². The minimum absolute atomic E-state index is 0.0232. The number of amides is 2. The number of aromatic nitrogens is 1.